The Morgan fingerprint density at radius 2 is 1.86 bits per heavy atom. The molecule has 2 aliphatic rings. The molecule has 0 spiro atoms. The third-order valence-electron chi connectivity index (χ3n) is 5.00. The van der Waals surface area contributed by atoms with Crippen molar-refractivity contribution in [1.29, 1.82) is 0 Å². The smallest absolute Gasteiger partial charge is 0.252 e. The summed E-state index contributed by atoms with van der Waals surface area (Å²) in [6, 6.07) is 8.93. The normalized spacial score (nSPS) is 17.1. The molecule has 3 heterocycles. The second-order valence-corrected chi connectivity index (χ2v) is 10.4. The van der Waals surface area contributed by atoms with Crippen molar-refractivity contribution in [3.63, 3.8) is 0 Å². The lowest BCUT2D eigenvalue weighted by Crippen LogP contribution is -2.35. The number of rotatable bonds is 6. The van der Waals surface area contributed by atoms with Crippen LogP contribution in [-0.4, -0.2) is 44.9 Å². The zero-order valence-electron chi connectivity index (χ0n) is 16.1. The molecule has 0 saturated carbocycles. The SMILES string of the molecule is O=C(Cc1ccc(S(=O)(=O)N2CCCCC2)s1)NCc1cccc2c1OCCO2. The first-order valence-electron chi connectivity index (χ1n) is 9.77. The van der Waals surface area contributed by atoms with Crippen LogP contribution in [0, 0.1) is 0 Å². The van der Waals surface area contributed by atoms with Gasteiger partial charge in [-0.3, -0.25) is 4.79 Å². The summed E-state index contributed by atoms with van der Waals surface area (Å²) in [6.45, 7) is 2.48. The highest BCUT2D eigenvalue weighted by Crippen LogP contribution is 2.33. The van der Waals surface area contributed by atoms with E-state index in [1.165, 1.54) is 11.3 Å². The lowest BCUT2D eigenvalue weighted by Gasteiger charge is -2.25. The van der Waals surface area contributed by atoms with Crippen LogP contribution in [0.2, 0.25) is 0 Å². The average Bonchev–Trinajstić information content (AvgIpc) is 3.22. The van der Waals surface area contributed by atoms with E-state index in [-0.39, 0.29) is 12.3 Å². The van der Waals surface area contributed by atoms with E-state index in [1.54, 1.807) is 16.4 Å². The fourth-order valence-corrected chi connectivity index (χ4v) is 6.54. The lowest BCUT2D eigenvalue weighted by atomic mass is 10.1. The molecule has 0 aliphatic carbocycles. The van der Waals surface area contributed by atoms with Crippen molar-refractivity contribution in [1.82, 2.24) is 9.62 Å². The van der Waals surface area contributed by atoms with Gasteiger partial charge in [-0.25, -0.2) is 8.42 Å². The number of sulfonamides is 1. The number of hydrogen-bond acceptors (Lipinski definition) is 6. The van der Waals surface area contributed by atoms with Gasteiger partial charge in [0.05, 0.1) is 6.42 Å². The predicted molar refractivity (Wildman–Crippen MR) is 110 cm³/mol. The Bertz CT molecular complexity index is 981. The number of ether oxygens (including phenoxy) is 2. The van der Waals surface area contributed by atoms with Crippen LogP contribution in [0.3, 0.4) is 0 Å². The molecule has 1 amide bonds. The van der Waals surface area contributed by atoms with Crippen molar-refractivity contribution in [2.24, 2.45) is 0 Å². The molecule has 2 aliphatic heterocycles. The maximum Gasteiger partial charge on any atom is 0.252 e. The Labute approximate surface area is 174 Å². The summed E-state index contributed by atoms with van der Waals surface area (Å²) in [7, 11) is -3.45. The van der Waals surface area contributed by atoms with Crippen LogP contribution >= 0.6 is 11.3 Å². The third kappa shape index (κ3) is 4.57. The van der Waals surface area contributed by atoms with Crippen LogP contribution in [0.1, 0.15) is 29.7 Å². The van der Waals surface area contributed by atoms with Crippen molar-refractivity contribution in [2.75, 3.05) is 26.3 Å². The topological polar surface area (TPSA) is 84.9 Å². The molecule has 1 fully saturated rings. The number of amides is 1. The minimum absolute atomic E-state index is 0.145. The quantitative estimate of drug-likeness (QED) is 0.752. The summed E-state index contributed by atoms with van der Waals surface area (Å²) in [5, 5.41) is 2.88. The van der Waals surface area contributed by atoms with Crippen LogP contribution in [0.4, 0.5) is 0 Å². The first-order chi connectivity index (χ1) is 14.0. The number of piperidine rings is 1. The van der Waals surface area contributed by atoms with E-state index in [0.717, 1.165) is 29.7 Å². The number of nitrogens with one attached hydrogen (secondary N) is 1. The Kier molecular flexibility index (Phi) is 6.07. The standard InChI is InChI=1S/C20H24N2O5S2/c23-18(21-14-15-5-4-6-17-20(15)27-12-11-26-17)13-16-7-8-19(28-16)29(24,25)22-9-2-1-3-10-22/h4-8H,1-3,9-14H2,(H,21,23). The first kappa shape index (κ1) is 20.2. The van der Waals surface area contributed by atoms with E-state index in [1.807, 2.05) is 18.2 Å². The first-order valence-corrected chi connectivity index (χ1v) is 12.0. The molecule has 156 valence electrons. The largest absolute Gasteiger partial charge is 0.486 e. The number of carbonyl (C=O) groups is 1. The summed E-state index contributed by atoms with van der Waals surface area (Å²) in [4.78, 5) is 13.1. The highest BCUT2D eigenvalue weighted by Gasteiger charge is 2.27. The molecule has 29 heavy (non-hydrogen) atoms. The summed E-state index contributed by atoms with van der Waals surface area (Å²) in [5.41, 5.74) is 0.857. The van der Waals surface area contributed by atoms with Gasteiger partial charge in [0.15, 0.2) is 11.5 Å². The van der Waals surface area contributed by atoms with E-state index in [9.17, 15) is 13.2 Å². The molecule has 1 aromatic heterocycles. The number of nitrogens with zero attached hydrogens (tertiary/aromatic N) is 1. The zero-order valence-corrected chi connectivity index (χ0v) is 17.7. The van der Waals surface area contributed by atoms with Gasteiger partial charge >= 0.3 is 0 Å². The molecule has 1 N–H and O–H groups in total. The molecule has 0 bridgehead atoms. The fraction of sp³-hybridized carbons (Fsp3) is 0.450. The zero-order chi connectivity index (χ0) is 20.3. The Hall–Kier alpha value is -2.10. The van der Waals surface area contributed by atoms with Crippen molar-refractivity contribution in [3.8, 4) is 11.5 Å². The van der Waals surface area contributed by atoms with Gasteiger partial charge in [0, 0.05) is 30.1 Å². The summed E-state index contributed by atoms with van der Waals surface area (Å²) in [5.74, 6) is 1.20. The number of hydrogen-bond donors (Lipinski definition) is 1. The number of para-hydroxylation sites is 1. The number of benzene rings is 1. The van der Waals surface area contributed by atoms with E-state index in [2.05, 4.69) is 5.32 Å². The number of carbonyl (C=O) groups excluding carboxylic acids is 1. The second-order valence-electron chi connectivity index (χ2n) is 7.08. The molecule has 0 radical (unpaired) electrons. The molecule has 1 saturated heterocycles. The van der Waals surface area contributed by atoms with Gasteiger partial charge in [-0.05, 0) is 31.0 Å². The predicted octanol–water partition coefficient (Wildman–Crippen LogP) is 2.55. The monoisotopic (exact) mass is 436 g/mol. The maximum atomic E-state index is 12.7. The average molecular weight is 437 g/mol. The van der Waals surface area contributed by atoms with Gasteiger partial charge in [-0.2, -0.15) is 4.31 Å². The molecule has 0 unspecified atom stereocenters. The molecule has 7 nitrogen and oxygen atoms in total. The van der Waals surface area contributed by atoms with Crippen LogP contribution in [0.5, 0.6) is 11.5 Å². The maximum absolute atomic E-state index is 12.7. The molecule has 9 heteroatoms. The fourth-order valence-electron chi connectivity index (χ4n) is 3.51. The van der Waals surface area contributed by atoms with E-state index >= 15 is 0 Å². The molecule has 4 rings (SSSR count). The van der Waals surface area contributed by atoms with E-state index < -0.39 is 10.0 Å². The molecular weight excluding hydrogens is 412 g/mol. The van der Waals surface area contributed by atoms with E-state index in [4.69, 9.17) is 9.47 Å². The Morgan fingerprint density at radius 3 is 2.69 bits per heavy atom. The number of fused-ring (bicyclic) bond motifs is 1. The summed E-state index contributed by atoms with van der Waals surface area (Å²) in [6.07, 6.45) is 3.02. The van der Waals surface area contributed by atoms with Gasteiger partial charge in [-0.1, -0.05) is 18.6 Å². The van der Waals surface area contributed by atoms with E-state index in [0.29, 0.717) is 48.6 Å². The van der Waals surface area contributed by atoms with Crippen molar-refractivity contribution < 1.29 is 22.7 Å². The van der Waals surface area contributed by atoms with Crippen LogP contribution < -0.4 is 14.8 Å². The van der Waals surface area contributed by atoms with Gasteiger partial charge in [0.1, 0.15) is 17.4 Å². The van der Waals surface area contributed by atoms with Gasteiger partial charge < -0.3 is 14.8 Å². The lowest BCUT2D eigenvalue weighted by molar-refractivity contribution is -0.120. The highest BCUT2D eigenvalue weighted by atomic mass is 32.2. The Balaban J connectivity index is 1.36. The van der Waals surface area contributed by atoms with Crippen LogP contribution in [0.15, 0.2) is 34.5 Å². The van der Waals surface area contributed by atoms with Crippen LogP contribution in [-0.2, 0) is 27.8 Å². The number of thiophene rings is 1. The molecule has 1 aromatic carbocycles. The van der Waals surface area contributed by atoms with Gasteiger partial charge in [0.25, 0.3) is 10.0 Å². The summed E-state index contributed by atoms with van der Waals surface area (Å²) < 4.78 is 38.6. The third-order valence-corrected chi connectivity index (χ3v) is 8.46. The minimum atomic E-state index is -3.45. The summed E-state index contributed by atoms with van der Waals surface area (Å²) >= 11 is 1.17. The van der Waals surface area contributed by atoms with Gasteiger partial charge in [0.2, 0.25) is 5.91 Å². The molecular formula is C20H24N2O5S2. The minimum Gasteiger partial charge on any atom is -0.486 e. The second kappa shape index (κ2) is 8.73. The molecule has 0 atom stereocenters. The highest BCUT2D eigenvalue weighted by molar-refractivity contribution is 7.91. The van der Waals surface area contributed by atoms with Crippen molar-refractivity contribution in [2.45, 2.75) is 36.4 Å². The van der Waals surface area contributed by atoms with Crippen molar-refractivity contribution >= 4 is 27.3 Å². The Morgan fingerprint density at radius 1 is 1.07 bits per heavy atom. The van der Waals surface area contributed by atoms with Crippen molar-refractivity contribution in [3.05, 3.63) is 40.8 Å². The molecule has 2 aromatic rings. The van der Waals surface area contributed by atoms with Crippen LogP contribution in [0.25, 0.3) is 0 Å². The van der Waals surface area contributed by atoms with Gasteiger partial charge in [-0.15, -0.1) is 11.3 Å².